The molecule has 5 N–H and O–H groups in total. The van der Waals surface area contributed by atoms with Crippen molar-refractivity contribution >= 4 is 17.3 Å². The maximum atomic E-state index is 11.1. The first-order chi connectivity index (χ1) is 9.61. The number of anilines is 2. The van der Waals surface area contributed by atoms with Crippen molar-refractivity contribution in [3.05, 3.63) is 16.4 Å². The summed E-state index contributed by atoms with van der Waals surface area (Å²) in [6, 6.07) is 0. The smallest absolute Gasteiger partial charge is 0.354 e. The Kier molecular flexibility index (Phi) is 4.64. The summed E-state index contributed by atoms with van der Waals surface area (Å²) in [6.45, 7) is 0.578. The molecule has 1 aromatic rings. The number of nitro groups is 1. The molecule has 110 valence electrons. The van der Waals surface area contributed by atoms with Crippen molar-refractivity contribution < 1.29 is 10.0 Å². The number of nitrogens with one attached hydrogen (secondary N) is 2. The molecule has 1 aromatic heterocycles. The molecular formula is C11H18N6O3. The van der Waals surface area contributed by atoms with Crippen molar-refractivity contribution in [2.24, 2.45) is 11.8 Å². The van der Waals surface area contributed by atoms with Crippen LogP contribution in [0.3, 0.4) is 0 Å². The zero-order chi connectivity index (χ0) is 14.5. The minimum absolute atomic E-state index is 0.0217. The number of hydrogen-bond acceptors (Lipinski definition) is 8. The monoisotopic (exact) mass is 282 g/mol. The summed E-state index contributed by atoms with van der Waals surface area (Å²) < 4.78 is 0. The molecule has 0 radical (unpaired) electrons. The van der Waals surface area contributed by atoms with Gasteiger partial charge in [0.1, 0.15) is 6.33 Å². The van der Waals surface area contributed by atoms with E-state index in [1.165, 1.54) is 6.33 Å². The molecule has 20 heavy (non-hydrogen) atoms. The number of rotatable bonds is 5. The lowest BCUT2D eigenvalue weighted by Crippen LogP contribution is -2.24. The SMILES string of the molecule is NNc1ncnc(NCC2CCC(O)CC2)c1[N+](=O)[O-]. The zero-order valence-electron chi connectivity index (χ0n) is 11.0. The second kappa shape index (κ2) is 6.44. The predicted molar refractivity (Wildman–Crippen MR) is 73.0 cm³/mol. The average Bonchev–Trinajstić information content (AvgIpc) is 2.46. The number of nitrogen functional groups attached to an aromatic ring is 1. The van der Waals surface area contributed by atoms with E-state index in [1.54, 1.807) is 0 Å². The van der Waals surface area contributed by atoms with Gasteiger partial charge < -0.3 is 15.8 Å². The lowest BCUT2D eigenvalue weighted by atomic mass is 9.87. The third-order valence-electron chi connectivity index (χ3n) is 3.52. The summed E-state index contributed by atoms with van der Waals surface area (Å²) in [7, 11) is 0. The first-order valence-corrected chi connectivity index (χ1v) is 6.49. The van der Waals surface area contributed by atoms with Gasteiger partial charge in [-0.05, 0) is 31.6 Å². The Labute approximate surface area is 115 Å². The maximum absolute atomic E-state index is 11.1. The summed E-state index contributed by atoms with van der Waals surface area (Å²) in [5, 5.41) is 23.5. The highest BCUT2D eigenvalue weighted by atomic mass is 16.6. The number of nitrogens with two attached hydrogens (primary N) is 1. The molecule has 1 fully saturated rings. The van der Waals surface area contributed by atoms with E-state index >= 15 is 0 Å². The second-order valence-electron chi connectivity index (χ2n) is 4.88. The molecule has 0 aromatic carbocycles. The third kappa shape index (κ3) is 3.31. The largest absolute Gasteiger partial charge is 0.393 e. The Morgan fingerprint density at radius 2 is 2.00 bits per heavy atom. The fourth-order valence-electron chi connectivity index (χ4n) is 2.38. The van der Waals surface area contributed by atoms with Gasteiger partial charge in [-0.15, -0.1) is 0 Å². The van der Waals surface area contributed by atoms with Crippen LogP contribution in [-0.4, -0.2) is 32.6 Å². The van der Waals surface area contributed by atoms with Crippen LogP contribution in [-0.2, 0) is 0 Å². The number of aromatic nitrogens is 2. The van der Waals surface area contributed by atoms with Crippen molar-refractivity contribution in [3.8, 4) is 0 Å². The lowest BCUT2D eigenvalue weighted by Gasteiger charge is -2.25. The van der Waals surface area contributed by atoms with Crippen LogP contribution < -0.4 is 16.6 Å². The van der Waals surface area contributed by atoms with E-state index < -0.39 is 4.92 Å². The van der Waals surface area contributed by atoms with Gasteiger partial charge in [0.15, 0.2) is 0 Å². The number of hydrazine groups is 1. The molecule has 0 bridgehead atoms. The second-order valence-corrected chi connectivity index (χ2v) is 4.88. The highest BCUT2D eigenvalue weighted by molar-refractivity contribution is 5.68. The molecule has 0 unspecified atom stereocenters. The van der Waals surface area contributed by atoms with Crippen molar-refractivity contribution in [2.75, 3.05) is 17.3 Å². The normalized spacial score (nSPS) is 22.3. The molecule has 1 aliphatic carbocycles. The molecule has 1 saturated carbocycles. The van der Waals surface area contributed by atoms with Crippen LogP contribution in [0, 0.1) is 16.0 Å². The van der Waals surface area contributed by atoms with Gasteiger partial charge in [0, 0.05) is 6.54 Å². The number of aliphatic hydroxyl groups excluding tert-OH is 1. The zero-order valence-corrected chi connectivity index (χ0v) is 11.0. The molecule has 9 heteroatoms. The number of hydrogen-bond donors (Lipinski definition) is 4. The van der Waals surface area contributed by atoms with E-state index in [0.717, 1.165) is 25.7 Å². The van der Waals surface area contributed by atoms with Gasteiger partial charge in [-0.2, -0.15) is 0 Å². The van der Waals surface area contributed by atoms with Gasteiger partial charge >= 0.3 is 5.69 Å². The quantitative estimate of drug-likeness (QED) is 0.350. The van der Waals surface area contributed by atoms with Crippen LogP contribution in [0.25, 0.3) is 0 Å². The minimum Gasteiger partial charge on any atom is -0.393 e. The van der Waals surface area contributed by atoms with Crippen molar-refractivity contribution in [1.82, 2.24) is 9.97 Å². The van der Waals surface area contributed by atoms with E-state index in [4.69, 9.17) is 5.84 Å². The van der Waals surface area contributed by atoms with Gasteiger partial charge in [0.25, 0.3) is 0 Å². The first kappa shape index (κ1) is 14.4. The molecule has 1 aliphatic rings. The van der Waals surface area contributed by atoms with Gasteiger partial charge in [-0.3, -0.25) is 10.1 Å². The summed E-state index contributed by atoms with van der Waals surface area (Å²) in [5.74, 6) is 5.72. The van der Waals surface area contributed by atoms with E-state index in [2.05, 4.69) is 20.7 Å². The first-order valence-electron chi connectivity index (χ1n) is 6.49. The van der Waals surface area contributed by atoms with Gasteiger partial charge in [0.05, 0.1) is 11.0 Å². The maximum Gasteiger partial charge on any atom is 0.354 e. The number of nitrogens with zero attached hydrogens (tertiary/aromatic N) is 3. The van der Waals surface area contributed by atoms with E-state index in [1.807, 2.05) is 0 Å². The minimum atomic E-state index is -0.567. The molecule has 0 amide bonds. The molecule has 1 heterocycles. The fourth-order valence-corrected chi connectivity index (χ4v) is 2.38. The molecule has 9 nitrogen and oxygen atoms in total. The summed E-state index contributed by atoms with van der Waals surface area (Å²) >= 11 is 0. The van der Waals surface area contributed by atoms with E-state index in [9.17, 15) is 15.2 Å². The molecule has 0 atom stereocenters. The Balaban J connectivity index is 2.04. The van der Waals surface area contributed by atoms with Crippen LogP contribution in [0.4, 0.5) is 17.3 Å². The van der Waals surface area contributed by atoms with Crippen molar-refractivity contribution in [3.63, 3.8) is 0 Å². The molecule has 0 aliphatic heterocycles. The lowest BCUT2D eigenvalue weighted by molar-refractivity contribution is -0.383. The molecule has 0 saturated heterocycles. The van der Waals surface area contributed by atoms with E-state index in [-0.39, 0.29) is 23.4 Å². The van der Waals surface area contributed by atoms with Crippen molar-refractivity contribution in [2.45, 2.75) is 31.8 Å². The Hall–Kier alpha value is -2.00. The summed E-state index contributed by atoms with van der Waals surface area (Å²) in [6.07, 6.45) is 4.34. The van der Waals surface area contributed by atoms with E-state index in [0.29, 0.717) is 12.5 Å². The Morgan fingerprint density at radius 3 is 2.60 bits per heavy atom. The topological polar surface area (TPSA) is 139 Å². The van der Waals surface area contributed by atoms with Crippen LogP contribution in [0.1, 0.15) is 25.7 Å². The summed E-state index contributed by atoms with van der Waals surface area (Å²) in [5.41, 5.74) is 1.94. The van der Waals surface area contributed by atoms with Crippen LogP contribution in [0.5, 0.6) is 0 Å². The predicted octanol–water partition coefficient (Wildman–Crippen LogP) is 0.633. The van der Waals surface area contributed by atoms with Gasteiger partial charge in [-0.1, -0.05) is 0 Å². The standard InChI is InChI=1S/C11H18N6O3/c12-16-11-9(17(19)20)10(14-6-15-11)13-5-7-1-3-8(18)4-2-7/h6-8,18H,1-5,12H2,(H2,13,14,15,16). The van der Waals surface area contributed by atoms with Crippen LogP contribution in [0.2, 0.25) is 0 Å². The van der Waals surface area contributed by atoms with Crippen LogP contribution in [0.15, 0.2) is 6.33 Å². The third-order valence-corrected chi connectivity index (χ3v) is 3.52. The van der Waals surface area contributed by atoms with Gasteiger partial charge in [0.2, 0.25) is 11.6 Å². The molecular weight excluding hydrogens is 264 g/mol. The van der Waals surface area contributed by atoms with Crippen LogP contribution >= 0.6 is 0 Å². The number of aliphatic hydroxyl groups is 1. The molecule has 0 spiro atoms. The highest BCUT2D eigenvalue weighted by Gasteiger charge is 2.24. The highest BCUT2D eigenvalue weighted by Crippen LogP contribution is 2.29. The van der Waals surface area contributed by atoms with Gasteiger partial charge in [-0.25, -0.2) is 15.8 Å². The summed E-state index contributed by atoms with van der Waals surface area (Å²) in [4.78, 5) is 18.1. The Bertz CT molecular complexity index is 475. The van der Waals surface area contributed by atoms with Crippen molar-refractivity contribution in [1.29, 1.82) is 0 Å². The molecule has 2 rings (SSSR count). The fraction of sp³-hybridized carbons (Fsp3) is 0.636. The average molecular weight is 282 g/mol. The Morgan fingerprint density at radius 1 is 1.35 bits per heavy atom.